The summed E-state index contributed by atoms with van der Waals surface area (Å²) < 4.78 is 336. The molecule has 19 rings (SSSR count). The van der Waals surface area contributed by atoms with Crippen molar-refractivity contribution in [1.29, 1.82) is 0 Å². The van der Waals surface area contributed by atoms with Gasteiger partial charge in [0.15, 0.2) is 0 Å². The number of hydrogen-bond donors (Lipinski definition) is 5. The maximum Gasteiger partial charge on any atom is 0.337 e. The van der Waals surface area contributed by atoms with Gasteiger partial charge in [-0.05, 0) is 99.7 Å². The first-order valence-electron chi connectivity index (χ1n) is 44.3. The number of ether oxygens (including phenoxy) is 11. The third kappa shape index (κ3) is 19.7. The average Bonchev–Trinajstić information content (AvgIpc) is 1.58. The summed E-state index contributed by atoms with van der Waals surface area (Å²) in [6.07, 6.45) is -3.07. The van der Waals surface area contributed by atoms with Crippen molar-refractivity contribution < 1.29 is 193 Å². The average molecular weight is 2070 g/mol. The van der Waals surface area contributed by atoms with Crippen LogP contribution in [0, 0.1) is 58.2 Å². The van der Waals surface area contributed by atoms with Crippen LogP contribution in [0.1, 0.15) is 195 Å². The molecular weight excluding hydrogens is 1990 g/mol. The number of halogens is 20. The van der Waals surface area contributed by atoms with Gasteiger partial charge in [-0.25, -0.2) is 136 Å². The predicted molar refractivity (Wildman–Crippen MR) is 459 cm³/mol. The number of benzene rings is 5. The molecule has 5 aliphatic carbocycles. The Morgan fingerprint density at radius 1 is 0.308 bits per heavy atom. The van der Waals surface area contributed by atoms with E-state index >= 15 is 0 Å². The molecule has 0 bridgehead atoms. The fraction of sp³-hybridized carbons (Fsp3) is 0.384. The number of methoxy groups -OCH3 is 5. The summed E-state index contributed by atoms with van der Waals surface area (Å²) in [5.74, 6) is -50.0. The van der Waals surface area contributed by atoms with Crippen molar-refractivity contribution in [3.05, 3.63) is 287 Å². The van der Waals surface area contributed by atoms with Crippen LogP contribution < -0.4 is 26.6 Å². The number of alkyl halides is 10. The summed E-state index contributed by atoms with van der Waals surface area (Å²) in [5, 5.41) is 14.2. The van der Waals surface area contributed by atoms with E-state index < -0.39 is 279 Å². The predicted octanol–water partition coefficient (Wildman–Crippen LogP) is 15.7. The topological polar surface area (TPSA) is 349 Å². The third-order valence-corrected chi connectivity index (χ3v) is 26.5. The minimum atomic E-state index is -3.24. The van der Waals surface area contributed by atoms with Crippen molar-refractivity contribution in [3.8, 4) is 0 Å². The van der Waals surface area contributed by atoms with E-state index in [1.807, 2.05) is 0 Å². The zero-order chi connectivity index (χ0) is 107. The van der Waals surface area contributed by atoms with Crippen LogP contribution in [0.3, 0.4) is 0 Å². The van der Waals surface area contributed by atoms with Gasteiger partial charge < -0.3 is 78.7 Å². The fourth-order valence-corrected chi connectivity index (χ4v) is 19.6. The summed E-state index contributed by atoms with van der Waals surface area (Å²) in [6, 6.07) is 6.89. The molecule has 776 valence electrons. The highest BCUT2D eigenvalue weighted by molar-refractivity contribution is 6.06. The second kappa shape index (κ2) is 39.3. The lowest BCUT2D eigenvalue weighted by Gasteiger charge is -2.32. The summed E-state index contributed by atoms with van der Waals surface area (Å²) >= 11 is 0. The molecule has 2 unspecified atom stereocenters. The number of esters is 11. The van der Waals surface area contributed by atoms with E-state index in [-0.39, 0.29) is 151 Å². The molecule has 5 saturated carbocycles. The highest BCUT2D eigenvalue weighted by Crippen LogP contribution is 2.65. The molecule has 146 heavy (non-hydrogen) atoms. The van der Waals surface area contributed by atoms with Crippen LogP contribution in [0.5, 0.6) is 0 Å². The van der Waals surface area contributed by atoms with E-state index in [1.54, 1.807) is 0 Å². The van der Waals surface area contributed by atoms with E-state index in [1.165, 1.54) is 41.5 Å². The summed E-state index contributed by atoms with van der Waals surface area (Å²) in [7, 11) is 5.50. The summed E-state index contributed by atoms with van der Waals surface area (Å²) in [6.45, 7) is 9.09. The monoisotopic (exact) mass is 2070 g/mol. The summed E-state index contributed by atoms with van der Waals surface area (Å²) in [5.41, 5.74) is -1.84. The maximum absolute atomic E-state index is 14.9. The lowest BCUT2D eigenvalue weighted by molar-refractivity contribution is -0.142. The number of hydrogen-bond acceptors (Lipinski definition) is 27. The number of carbonyl (C=O) groups is 11. The highest BCUT2D eigenvalue weighted by Gasteiger charge is 2.66. The van der Waals surface area contributed by atoms with Gasteiger partial charge >= 0.3 is 65.7 Å². The number of dihydropyridines is 5. The SMILES string of the molecule is CCOC(=O)C1=C(COC(C)=O)NC(C)=C(C(=O)OC)C1c1cc(F)cc(F)c1C1CC1(F)F.COC(=O)C1=C(C)NC2=C(C(=O)OC2)[C@@H]1c1cc(F)cc(F)c1[C@@H]1CC1(F)F.COC(=O)C1=C(C)NC2=C(C(=O)OC2)[C@@H]1c1cc(F)cc(F)c1[C@H]1CC1(F)F.COC(=O)C1=C(C)NC2=C(C(=O)OC2)[C@H]1c1cc(F)cc(F)c1[C@@H]1CC1(F)F.COC(=O)C1=C(C)NC2=C(C(=O)OC2)[C@H]1c1cc(F)cc(F)c1[C@H]1CC1(F)F. The summed E-state index contributed by atoms with van der Waals surface area (Å²) in [4.78, 5) is 136. The van der Waals surface area contributed by atoms with Crippen LogP contribution in [0.2, 0.25) is 0 Å². The van der Waals surface area contributed by atoms with Crippen LogP contribution in [0.25, 0.3) is 0 Å². The van der Waals surface area contributed by atoms with Crippen molar-refractivity contribution in [2.75, 3.05) is 75.2 Å². The van der Waals surface area contributed by atoms with E-state index in [9.17, 15) is 141 Å². The molecule has 0 amide bonds. The first kappa shape index (κ1) is 106. The van der Waals surface area contributed by atoms with Gasteiger partial charge in [0.1, 0.15) is 91.2 Å². The molecular formula is C99H83F20N5O22. The van der Waals surface area contributed by atoms with Crippen molar-refractivity contribution in [2.45, 2.75) is 169 Å². The lowest BCUT2D eigenvalue weighted by atomic mass is 9.77. The number of nitrogens with one attached hydrogen (secondary N) is 5. The first-order valence-corrected chi connectivity index (χ1v) is 44.3. The van der Waals surface area contributed by atoms with Crippen LogP contribution in [0.15, 0.2) is 173 Å². The van der Waals surface area contributed by atoms with Gasteiger partial charge in [0.05, 0.1) is 186 Å². The van der Waals surface area contributed by atoms with Gasteiger partial charge in [0.2, 0.25) is 0 Å². The third-order valence-electron chi connectivity index (χ3n) is 26.5. The van der Waals surface area contributed by atoms with Crippen LogP contribution in [-0.2, 0) is 105 Å². The van der Waals surface area contributed by atoms with E-state index in [4.69, 9.17) is 52.1 Å². The Labute approximate surface area is 813 Å². The Morgan fingerprint density at radius 3 is 0.699 bits per heavy atom. The van der Waals surface area contributed by atoms with E-state index in [2.05, 4.69) is 26.6 Å². The van der Waals surface area contributed by atoms with Gasteiger partial charge in [-0.1, -0.05) is 0 Å². The largest absolute Gasteiger partial charge is 0.466 e. The van der Waals surface area contributed by atoms with Crippen molar-refractivity contribution in [2.24, 2.45) is 0 Å². The normalized spacial score (nSPS) is 24.3. The molecule has 5 fully saturated rings. The molecule has 9 aliphatic heterocycles. The van der Waals surface area contributed by atoms with Gasteiger partial charge in [0, 0.05) is 126 Å². The van der Waals surface area contributed by atoms with E-state index in [0.29, 0.717) is 53.1 Å². The smallest absolute Gasteiger partial charge is 0.337 e. The molecule has 5 N–H and O–H groups in total. The Hall–Kier alpha value is -14.7. The molecule has 10 atom stereocenters. The quantitative estimate of drug-likeness (QED) is 0.0291. The van der Waals surface area contributed by atoms with Gasteiger partial charge in [-0.15, -0.1) is 0 Å². The molecule has 9 heterocycles. The van der Waals surface area contributed by atoms with Crippen molar-refractivity contribution in [1.82, 2.24) is 26.6 Å². The molecule has 5 aromatic rings. The van der Waals surface area contributed by atoms with Crippen LogP contribution in [-0.4, -0.2) is 170 Å². The standard InChI is InChI=1S/C23H23F4NO6.4C19H15F4NO4/c1-5-33-22(31)20-16(9-34-11(3)29)28-10(2)17(21(30)32-4)19(20)13-6-12(24)7-15(25)18(13)14-8-23(14,26)27;4*1-7-13(17(25)27-2)15(16-12(24-7)6-28-18(16)26)9-3-8(20)4-11(21)14(9)10-5-19(10,22)23/h6-7,14,19,28H,5,8-9H2,1-4H3;4*3-4,10,15,24H,5-6H2,1-2H3/t;2*10-,15+;2*10-,15-/m.1010/s1. The first-order chi connectivity index (χ1) is 68.5. The fourth-order valence-electron chi connectivity index (χ4n) is 19.6. The zero-order valence-electron chi connectivity index (χ0n) is 78.4. The van der Waals surface area contributed by atoms with Crippen molar-refractivity contribution >= 4 is 65.7 Å². The second-order valence-corrected chi connectivity index (χ2v) is 35.7. The molecule has 0 aromatic heterocycles. The van der Waals surface area contributed by atoms with Gasteiger partial charge in [0.25, 0.3) is 29.6 Å². The zero-order valence-corrected chi connectivity index (χ0v) is 78.4. The van der Waals surface area contributed by atoms with Gasteiger partial charge in [-0.3, -0.25) is 4.79 Å². The Balaban J connectivity index is 0.000000137. The maximum atomic E-state index is 14.9. The highest BCUT2D eigenvalue weighted by atomic mass is 19.3. The molecule has 14 aliphatic rings. The molecule has 5 aromatic carbocycles. The number of carbonyl (C=O) groups excluding carboxylic acids is 11. The minimum Gasteiger partial charge on any atom is -0.466 e. The second-order valence-electron chi connectivity index (χ2n) is 35.7. The Bertz CT molecular complexity index is 6280. The van der Waals surface area contributed by atoms with Crippen molar-refractivity contribution in [3.63, 3.8) is 0 Å². The number of rotatable bonds is 19. The molecule has 0 spiro atoms. The Kier molecular flexibility index (Phi) is 28.4. The molecule has 0 radical (unpaired) electrons. The molecule has 0 saturated heterocycles. The molecule has 47 heteroatoms. The Morgan fingerprint density at radius 2 is 0.507 bits per heavy atom. The molecule has 27 nitrogen and oxygen atoms in total. The van der Waals surface area contributed by atoms with E-state index in [0.717, 1.165) is 72.8 Å². The van der Waals surface area contributed by atoms with Gasteiger partial charge in [-0.2, -0.15) is 0 Å². The van der Waals surface area contributed by atoms with Crippen LogP contribution >= 0.6 is 0 Å². The number of cyclic esters (lactones) is 4. The number of allylic oxidation sites excluding steroid dienone is 5. The van der Waals surface area contributed by atoms with Crippen LogP contribution in [0.4, 0.5) is 87.8 Å². The minimum absolute atomic E-state index is 0.0259. The lowest BCUT2D eigenvalue weighted by Crippen LogP contribution is -2.35.